The molecule has 0 aliphatic carbocycles. The maximum atomic E-state index is 12.6. The van der Waals surface area contributed by atoms with Gasteiger partial charge < -0.3 is 10.5 Å². The zero-order valence-electron chi connectivity index (χ0n) is 13.2. The van der Waals surface area contributed by atoms with E-state index in [1.165, 1.54) is 22.5 Å². The Morgan fingerprint density at radius 1 is 1.38 bits per heavy atom. The number of sulfonamides is 1. The lowest BCUT2D eigenvalue weighted by Crippen LogP contribution is -2.41. The van der Waals surface area contributed by atoms with E-state index in [1.807, 2.05) is 6.07 Å². The number of halogens is 2. The summed E-state index contributed by atoms with van der Waals surface area (Å²) in [6.07, 6.45) is 2.21. The zero-order chi connectivity index (χ0) is 16.9. The molecule has 1 saturated heterocycles. The molecule has 0 bridgehead atoms. The second-order valence-electron chi connectivity index (χ2n) is 5.37. The smallest absolute Gasteiger partial charge is 0.243 e. The molecule has 9 heteroatoms. The summed E-state index contributed by atoms with van der Waals surface area (Å²) in [5, 5.41) is 9.01. The summed E-state index contributed by atoms with van der Waals surface area (Å²) in [5.41, 5.74) is 5.68. The Bertz CT molecular complexity index is 684. The van der Waals surface area contributed by atoms with E-state index < -0.39 is 10.0 Å². The van der Waals surface area contributed by atoms with Crippen LogP contribution in [0.2, 0.25) is 5.02 Å². The number of hydrogen-bond donors (Lipinski definition) is 1. The van der Waals surface area contributed by atoms with Crippen molar-refractivity contribution in [2.75, 3.05) is 26.2 Å². The Labute approximate surface area is 154 Å². The number of benzene rings is 1. The van der Waals surface area contributed by atoms with Crippen LogP contribution in [0, 0.1) is 11.3 Å². The Morgan fingerprint density at radius 2 is 2.04 bits per heavy atom. The van der Waals surface area contributed by atoms with Gasteiger partial charge in [-0.2, -0.15) is 9.57 Å². The molecule has 1 aliphatic rings. The van der Waals surface area contributed by atoms with Crippen molar-refractivity contribution in [1.29, 1.82) is 5.26 Å². The minimum atomic E-state index is -3.59. The largest absolute Gasteiger partial charge is 0.378 e. The van der Waals surface area contributed by atoms with Gasteiger partial charge in [0.1, 0.15) is 6.07 Å². The van der Waals surface area contributed by atoms with Gasteiger partial charge in [0.05, 0.1) is 21.6 Å². The first kappa shape index (κ1) is 21.2. The summed E-state index contributed by atoms with van der Waals surface area (Å²) >= 11 is 5.93. The predicted molar refractivity (Wildman–Crippen MR) is 94.8 cm³/mol. The van der Waals surface area contributed by atoms with Gasteiger partial charge in [-0.15, -0.1) is 12.4 Å². The molecule has 2 rings (SSSR count). The third-order valence-electron chi connectivity index (χ3n) is 3.80. The van der Waals surface area contributed by atoms with Gasteiger partial charge in [0, 0.05) is 19.7 Å². The molecule has 1 aromatic rings. The lowest BCUT2D eigenvalue weighted by molar-refractivity contribution is 0.0209. The highest BCUT2D eigenvalue weighted by Crippen LogP contribution is 2.25. The number of hydrogen-bond acceptors (Lipinski definition) is 5. The molecule has 0 radical (unpaired) electrons. The van der Waals surface area contributed by atoms with Crippen molar-refractivity contribution in [2.45, 2.75) is 30.3 Å². The summed E-state index contributed by atoms with van der Waals surface area (Å²) in [6.45, 7) is 2.02. The molecule has 1 aliphatic heterocycles. The Balaban J connectivity index is 0.00000288. The van der Waals surface area contributed by atoms with E-state index in [1.54, 1.807) is 0 Å². The summed E-state index contributed by atoms with van der Waals surface area (Å²) in [5.74, 6) is 0. The van der Waals surface area contributed by atoms with Crippen LogP contribution < -0.4 is 5.73 Å². The van der Waals surface area contributed by atoms with E-state index >= 15 is 0 Å². The molecule has 2 N–H and O–H groups in total. The zero-order valence-corrected chi connectivity index (χ0v) is 15.5. The van der Waals surface area contributed by atoms with E-state index in [0.29, 0.717) is 39.1 Å². The Kier molecular flexibility index (Phi) is 8.43. The molecular formula is C15H21Cl2N3O3S. The minimum absolute atomic E-state index is 0. The van der Waals surface area contributed by atoms with Crippen molar-refractivity contribution in [3.8, 4) is 6.07 Å². The van der Waals surface area contributed by atoms with Crippen LogP contribution in [0.4, 0.5) is 0 Å². The summed E-state index contributed by atoms with van der Waals surface area (Å²) in [4.78, 5) is 0.115. The van der Waals surface area contributed by atoms with Crippen molar-refractivity contribution in [3.63, 3.8) is 0 Å². The van der Waals surface area contributed by atoms with Gasteiger partial charge in [0.2, 0.25) is 10.0 Å². The second kappa shape index (κ2) is 9.56. The number of nitrogens with two attached hydrogens (primary N) is 1. The van der Waals surface area contributed by atoms with Crippen molar-refractivity contribution < 1.29 is 13.2 Å². The van der Waals surface area contributed by atoms with Crippen LogP contribution in [-0.2, 0) is 14.8 Å². The van der Waals surface area contributed by atoms with E-state index in [9.17, 15) is 8.42 Å². The Morgan fingerprint density at radius 3 is 2.58 bits per heavy atom. The molecule has 134 valence electrons. The second-order valence-corrected chi connectivity index (χ2v) is 7.72. The molecule has 1 aromatic carbocycles. The van der Waals surface area contributed by atoms with E-state index in [-0.39, 0.29) is 34.0 Å². The molecule has 0 atom stereocenters. The highest BCUT2D eigenvalue weighted by molar-refractivity contribution is 7.89. The van der Waals surface area contributed by atoms with E-state index in [0.717, 1.165) is 6.42 Å². The van der Waals surface area contributed by atoms with Gasteiger partial charge in [0.25, 0.3) is 0 Å². The lowest BCUT2D eigenvalue weighted by atomic mass is 10.1. The van der Waals surface area contributed by atoms with Crippen LogP contribution in [0.5, 0.6) is 0 Å². The van der Waals surface area contributed by atoms with Crippen molar-refractivity contribution in [2.24, 2.45) is 5.73 Å². The normalized spacial score (nSPS) is 16.4. The molecule has 24 heavy (non-hydrogen) atoms. The van der Waals surface area contributed by atoms with Crippen LogP contribution in [-0.4, -0.2) is 45.1 Å². The molecule has 0 unspecified atom stereocenters. The summed E-state index contributed by atoms with van der Waals surface area (Å²) in [7, 11) is -3.59. The molecule has 0 amide bonds. The topological polar surface area (TPSA) is 96.4 Å². The number of nitriles is 1. The highest BCUT2D eigenvalue weighted by Gasteiger charge is 2.30. The maximum absolute atomic E-state index is 12.6. The number of ether oxygens (including phenoxy) is 1. The van der Waals surface area contributed by atoms with Crippen LogP contribution >= 0.6 is 24.0 Å². The lowest BCUT2D eigenvalue weighted by Gasteiger charge is -2.31. The quantitative estimate of drug-likeness (QED) is 0.746. The molecule has 0 aromatic heterocycles. The fourth-order valence-electron chi connectivity index (χ4n) is 2.47. The van der Waals surface area contributed by atoms with Crippen molar-refractivity contribution in [1.82, 2.24) is 4.31 Å². The van der Waals surface area contributed by atoms with Crippen molar-refractivity contribution in [3.05, 3.63) is 28.8 Å². The van der Waals surface area contributed by atoms with Crippen LogP contribution in [0.3, 0.4) is 0 Å². The number of nitrogens with zero attached hydrogens (tertiary/aromatic N) is 2. The monoisotopic (exact) mass is 393 g/mol. The standard InChI is InChI=1S/C15H20ClN3O3S.ClH/c16-15-10-14(3-2-12(15)11-18)23(20,21)19-7-4-13(5-8-19)22-9-1-6-17;/h2-3,10,13H,1,4-9,17H2;1H. The van der Waals surface area contributed by atoms with Gasteiger partial charge in [-0.25, -0.2) is 8.42 Å². The van der Waals surface area contributed by atoms with Crippen molar-refractivity contribution >= 4 is 34.0 Å². The third kappa shape index (κ3) is 5.06. The average Bonchev–Trinajstić information content (AvgIpc) is 2.55. The first-order chi connectivity index (χ1) is 11.0. The van der Waals surface area contributed by atoms with E-state index in [4.69, 9.17) is 27.3 Å². The first-order valence-corrected chi connectivity index (χ1v) is 9.32. The fourth-order valence-corrected chi connectivity index (χ4v) is 4.25. The SMILES string of the molecule is Cl.N#Cc1ccc(S(=O)(=O)N2CCC(OCCCN)CC2)cc1Cl. The summed E-state index contributed by atoms with van der Waals surface area (Å²) < 4.78 is 32.4. The summed E-state index contributed by atoms with van der Waals surface area (Å²) in [6, 6.07) is 6.10. The molecular weight excluding hydrogens is 373 g/mol. The average molecular weight is 394 g/mol. The molecule has 1 heterocycles. The van der Waals surface area contributed by atoms with Crippen LogP contribution in [0.25, 0.3) is 0 Å². The van der Waals surface area contributed by atoms with Gasteiger partial charge in [-0.3, -0.25) is 0 Å². The Hall–Kier alpha value is -0.880. The number of rotatable bonds is 6. The van der Waals surface area contributed by atoms with Gasteiger partial charge in [-0.05, 0) is 44.0 Å². The third-order valence-corrected chi connectivity index (χ3v) is 6.01. The van der Waals surface area contributed by atoms with Crippen LogP contribution in [0.1, 0.15) is 24.8 Å². The van der Waals surface area contributed by atoms with Gasteiger partial charge in [0.15, 0.2) is 0 Å². The first-order valence-electron chi connectivity index (χ1n) is 7.50. The predicted octanol–water partition coefficient (Wildman–Crippen LogP) is 2.15. The molecule has 6 nitrogen and oxygen atoms in total. The molecule has 0 spiro atoms. The van der Waals surface area contributed by atoms with Crippen LogP contribution in [0.15, 0.2) is 23.1 Å². The van der Waals surface area contributed by atoms with Gasteiger partial charge >= 0.3 is 0 Å². The van der Waals surface area contributed by atoms with E-state index in [2.05, 4.69) is 0 Å². The fraction of sp³-hybridized carbons (Fsp3) is 0.533. The molecule has 1 fully saturated rings. The molecule has 0 saturated carbocycles. The van der Waals surface area contributed by atoms with Gasteiger partial charge in [-0.1, -0.05) is 11.6 Å². The maximum Gasteiger partial charge on any atom is 0.243 e. The minimum Gasteiger partial charge on any atom is -0.378 e. The highest BCUT2D eigenvalue weighted by atomic mass is 35.5. The number of piperidine rings is 1.